The first-order valence-corrected chi connectivity index (χ1v) is 6.72. The number of aromatic nitrogens is 2. The first-order chi connectivity index (χ1) is 9.71. The summed E-state index contributed by atoms with van der Waals surface area (Å²) in [4.78, 5) is 8.74. The Morgan fingerprint density at radius 1 is 1.10 bits per heavy atom. The normalized spacial score (nSPS) is 10.2. The van der Waals surface area contributed by atoms with Crippen LogP contribution in [0.5, 0.6) is 5.75 Å². The Hall–Kier alpha value is -2.30. The molecule has 5 heteroatoms. The van der Waals surface area contributed by atoms with Crippen molar-refractivity contribution in [1.29, 1.82) is 0 Å². The van der Waals surface area contributed by atoms with Crippen LogP contribution in [0.15, 0.2) is 30.3 Å². The molecule has 0 atom stereocenters. The van der Waals surface area contributed by atoms with E-state index in [0.717, 1.165) is 41.9 Å². The molecule has 0 aliphatic heterocycles. The van der Waals surface area contributed by atoms with E-state index in [1.165, 1.54) is 0 Å². The first kappa shape index (κ1) is 14.1. The van der Waals surface area contributed by atoms with Gasteiger partial charge in [0.2, 0.25) is 0 Å². The summed E-state index contributed by atoms with van der Waals surface area (Å²) in [5.41, 5.74) is 0.963. The van der Waals surface area contributed by atoms with Crippen molar-refractivity contribution < 1.29 is 4.74 Å². The lowest BCUT2D eigenvalue weighted by Crippen LogP contribution is -2.05. The molecule has 0 amide bonds. The second-order valence-corrected chi connectivity index (χ2v) is 4.47. The summed E-state index contributed by atoms with van der Waals surface area (Å²) in [5, 5.41) is 6.53. The number of hydrogen-bond donors (Lipinski definition) is 2. The molecule has 0 radical (unpaired) electrons. The van der Waals surface area contributed by atoms with Crippen LogP contribution in [0.4, 0.5) is 17.3 Å². The van der Waals surface area contributed by atoms with E-state index in [1.807, 2.05) is 37.3 Å². The van der Waals surface area contributed by atoms with Crippen LogP contribution >= 0.6 is 0 Å². The highest BCUT2D eigenvalue weighted by molar-refractivity contribution is 5.59. The van der Waals surface area contributed by atoms with Crippen LogP contribution < -0.4 is 15.4 Å². The van der Waals surface area contributed by atoms with Gasteiger partial charge in [-0.05, 0) is 37.6 Å². The highest BCUT2D eigenvalue weighted by atomic mass is 16.5. The number of benzene rings is 1. The molecule has 1 aromatic carbocycles. The quantitative estimate of drug-likeness (QED) is 0.844. The summed E-state index contributed by atoms with van der Waals surface area (Å²) in [6.07, 6.45) is 1.06. The van der Waals surface area contributed by atoms with Gasteiger partial charge in [-0.1, -0.05) is 6.92 Å². The summed E-state index contributed by atoms with van der Waals surface area (Å²) < 4.78 is 5.14. The van der Waals surface area contributed by atoms with Crippen LogP contribution in [0.1, 0.15) is 19.2 Å². The van der Waals surface area contributed by atoms with Gasteiger partial charge in [0.05, 0.1) is 7.11 Å². The standard InChI is InChI=1S/C15H20N4O/c1-4-9-16-14-10-15(18-11(2)17-14)19-12-5-7-13(20-3)8-6-12/h5-8,10H,4,9H2,1-3H3,(H2,16,17,18,19). The van der Waals surface area contributed by atoms with E-state index < -0.39 is 0 Å². The highest BCUT2D eigenvalue weighted by Crippen LogP contribution is 2.20. The molecule has 0 fully saturated rings. The third-order valence-electron chi connectivity index (χ3n) is 2.76. The van der Waals surface area contributed by atoms with Crippen LogP contribution in [-0.4, -0.2) is 23.6 Å². The van der Waals surface area contributed by atoms with E-state index in [-0.39, 0.29) is 0 Å². The zero-order chi connectivity index (χ0) is 14.4. The van der Waals surface area contributed by atoms with Crippen molar-refractivity contribution in [1.82, 2.24) is 9.97 Å². The molecule has 0 saturated carbocycles. The number of nitrogens with one attached hydrogen (secondary N) is 2. The molecule has 0 spiro atoms. The zero-order valence-corrected chi connectivity index (χ0v) is 12.1. The van der Waals surface area contributed by atoms with Gasteiger partial charge < -0.3 is 15.4 Å². The lowest BCUT2D eigenvalue weighted by molar-refractivity contribution is 0.415. The fourth-order valence-corrected chi connectivity index (χ4v) is 1.80. The molecule has 5 nitrogen and oxygen atoms in total. The molecule has 0 aliphatic rings. The Labute approximate surface area is 119 Å². The van der Waals surface area contributed by atoms with E-state index in [4.69, 9.17) is 4.74 Å². The predicted octanol–water partition coefficient (Wildman–Crippen LogP) is 3.36. The number of anilines is 3. The maximum Gasteiger partial charge on any atom is 0.136 e. The maximum atomic E-state index is 5.14. The van der Waals surface area contributed by atoms with Gasteiger partial charge in [-0.15, -0.1) is 0 Å². The second kappa shape index (κ2) is 6.75. The molecule has 106 valence electrons. The van der Waals surface area contributed by atoms with E-state index in [2.05, 4.69) is 27.5 Å². The van der Waals surface area contributed by atoms with Crippen molar-refractivity contribution in [3.63, 3.8) is 0 Å². The third-order valence-corrected chi connectivity index (χ3v) is 2.76. The van der Waals surface area contributed by atoms with Gasteiger partial charge in [0.1, 0.15) is 23.2 Å². The fraction of sp³-hybridized carbons (Fsp3) is 0.333. The molecule has 0 bridgehead atoms. The minimum absolute atomic E-state index is 0.738. The van der Waals surface area contributed by atoms with Gasteiger partial charge in [0.25, 0.3) is 0 Å². The molecular weight excluding hydrogens is 252 g/mol. The largest absolute Gasteiger partial charge is 0.497 e. The molecule has 1 heterocycles. The van der Waals surface area contributed by atoms with Crippen molar-refractivity contribution in [3.05, 3.63) is 36.2 Å². The lowest BCUT2D eigenvalue weighted by Gasteiger charge is -2.10. The maximum absolute atomic E-state index is 5.14. The second-order valence-electron chi connectivity index (χ2n) is 4.47. The van der Waals surface area contributed by atoms with Gasteiger partial charge in [0.15, 0.2) is 0 Å². The molecular formula is C15H20N4O. The molecule has 0 saturated heterocycles. The fourth-order valence-electron chi connectivity index (χ4n) is 1.80. The number of aryl methyl sites for hydroxylation is 1. The average molecular weight is 272 g/mol. The third kappa shape index (κ3) is 3.85. The Kier molecular flexibility index (Phi) is 4.76. The Balaban J connectivity index is 2.12. The van der Waals surface area contributed by atoms with Crippen LogP contribution in [0.2, 0.25) is 0 Å². The van der Waals surface area contributed by atoms with E-state index in [1.54, 1.807) is 7.11 Å². The smallest absolute Gasteiger partial charge is 0.136 e. The minimum atomic E-state index is 0.738. The van der Waals surface area contributed by atoms with Crippen molar-refractivity contribution in [3.8, 4) is 5.75 Å². The van der Waals surface area contributed by atoms with Crippen molar-refractivity contribution in [2.75, 3.05) is 24.3 Å². The number of rotatable bonds is 6. The monoisotopic (exact) mass is 272 g/mol. The Bertz CT molecular complexity index is 554. The molecule has 1 aromatic heterocycles. The molecule has 2 rings (SSSR count). The van der Waals surface area contributed by atoms with Crippen LogP contribution in [0, 0.1) is 6.92 Å². The number of hydrogen-bond acceptors (Lipinski definition) is 5. The molecule has 2 N–H and O–H groups in total. The van der Waals surface area contributed by atoms with Gasteiger partial charge in [-0.2, -0.15) is 0 Å². The summed E-state index contributed by atoms with van der Waals surface area (Å²) in [6.45, 7) is 4.91. The Morgan fingerprint density at radius 2 is 1.80 bits per heavy atom. The van der Waals surface area contributed by atoms with Gasteiger partial charge >= 0.3 is 0 Å². The summed E-state index contributed by atoms with van der Waals surface area (Å²) in [7, 11) is 1.65. The number of methoxy groups -OCH3 is 1. The first-order valence-electron chi connectivity index (χ1n) is 6.72. The topological polar surface area (TPSA) is 59.1 Å². The van der Waals surface area contributed by atoms with Gasteiger partial charge in [-0.3, -0.25) is 0 Å². The molecule has 0 aliphatic carbocycles. The summed E-state index contributed by atoms with van der Waals surface area (Å²) in [6, 6.07) is 9.64. The predicted molar refractivity (Wildman–Crippen MR) is 81.8 cm³/mol. The van der Waals surface area contributed by atoms with Crippen LogP contribution in [-0.2, 0) is 0 Å². The Morgan fingerprint density at radius 3 is 2.45 bits per heavy atom. The highest BCUT2D eigenvalue weighted by Gasteiger charge is 2.02. The van der Waals surface area contributed by atoms with Gasteiger partial charge in [0, 0.05) is 18.3 Å². The summed E-state index contributed by atoms with van der Waals surface area (Å²) >= 11 is 0. The van der Waals surface area contributed by atoms with Crippen molar-refractivity contribution >= 4 is 17.3 Å². The van der Waals surface area contributed by atoms with E-state index >= 15 is 0 Å². The van der Waals surface area contributed by atoms with Crippen molar-refractivity contribution in [2.24, 2.45) is 0 Å². The summed E-state index contributed by atoms with van der Waals surface area (Å²) in [5.74, 6) is 3.19. The number of ether oxygens (including phenoxy) is 1. The van der Waals surface area contributed by atoms with Gasteiger partial charge in [-0.25, -0.2) is 9.97 Å². The van der Waals surface area contributed by atoms with Crippen LogP contribution in [0.25, 0.3) is 0 Å². The SMILES string of the molecule is CCCNc1cc(Nc2ccc(OC)cc2)nc(C)n1. The molecule has 0 unspecified atom stereocenters. The molecule has 20 heavy (non-hydrogen) atoms. The van der Waals surface area contributed by atoms with E-state index in [9.17, 15) is 0 Å². The lowest BCUT2D eigenvalue weighted by atomic mass is 10.3. The minimum Gasteiger partial charge on any atom is -0.497 e. The van der Waals surface area contributed by atoms with E-state index in [0.29, 0.717) is 0 Å². The average Bonchev–Trinajstić information content (AvgIpc) is 2.45. The number of nitrogens with zero attached hydrogens (tertiary/aromatic N) is 2. The van der Waals surface area contributed by atoms with Crippen LogP contribution in [0.3, 0.4) is 0 Å². The zero-order valence-electron chi connectivity index (χ0n) is 12.1. The molecule has 2 aromatic rings. The van der Waals surface area contributed by atoms with Crippen molar-refractivity contribution in [2.45, 2.75) is 20.3 Å².